The first-order valence-electron chi connectivity index (χ1n) is 9.37. The number of halogens is 1. The molecule has 0 saturated carbocycles. The summed E-state index contributed by atoms with van der Waals surface area (Å²) in [6.07, 6.45) is 1.74. The van der Waals surface area contributed by atoms with Gasteiger partial charge in [0.15, 0.2) is 5.78 Å². The van der Waals surface area contributed by atoms with Crippen molar-refractivity contribution in [2.24, 2.45) is 5.92 Å². The average Bonchev–Trinajstić information content (AvgIpc) is 2.73. The first-order valence-corrected chi connectivity index (χ1v) is 9.37. The molecular formula is C23H23FO5. The largest absolute Gasteiger partial charge is 0.497 e. The third-order valence-electron chi connectivity index (χ3n) is 5.03. The van der Waals surface area contributed by atoms with Crippen molar-refractivity contribution in [3.05, 3.63) is 65.5 Å². The van der Waals surface area contributed by atoms with Crippen molar-refractivity contribution >= 4 is 17.3 Å². The first-order chi connectivity index (χ1) is 14.0. The molecule has 2 aromatic rings. The zero-order valence-corrected chi connectivity index (χ0v) is 16.6. The van der Waals surface area contributed by atoms with E-state index in [9.17, 15) is 14.0 Å². The third kappa shape index (κ3) is 4.31. The van der Waals surface area contributed by atoms with Crippen LogP contribution in [0.4, 0.5) is 4.39 Å². The van der Waals surface area contributed by atoms with E-state index in [2.05, 4.69) is 0 Å². The number of allylic oxidation sites excluding steroid dienone is 2. The maximum Gasteiger partial charge on any atom is 0.317 e. The Morgan fingerprint density at radius 2 is 1.76 bits per heavy atom. The van der Waals surface area contributed by atoms with Gasteiger partial charge in [-0.2, -0.15) is 0 Å². The lowest BCUT2D eigenvalue weighted by atomic mass is 9.73. The molecule has 2 aromatic carbocycles. The van der Waals surface area contributed by atoms with Crippen LogP contribution in [0.2, 0.25) is 0 Å². The highest BCUT2D eigenvalue weighted by Crippen LogP contribution is 2.42. The Hall–Kier alpha value is -3.15. The summed E-state index contributed by atoms with van der Waals surface area (Å²) in [5.41, 5.74) is 1.72. The lowest BCUT2D eigenvalue weighted by Crippen LogP contribution is -2.34. The topological polar surface area (TPSA) is 61.8 Å². The van der Waals surface area contributed by atoms with Gasteiger partial charge in [0.25, 0.3) is 0 Å². The summed E-state index contributed by atoms with van der Waals surface area (Å²) in [7, 11) is 3.08. The third-order valence-corrected chi connectivity index (χ3v) is 5.03. The second-order valence-electron chi connectivity index (χ2n) is 6.74. The number of ether oxygens (including phenoxy) is 3. The van der Waals surface area contributed by atoms with Crippen LogP contribution in [0, 0.1) is 11.7 Å². The standard InChI is InChI=1S/C23H23FO5/c1-4-29-23(26)22-19(18-7-5-6-8-20(18)24)11-15(12-21(22)25)14-9-16(27-2)13-17(10-14)28-3/h5-10,12-13,19,22H,4,11H2,1-3H3/t19-,22+/m1/s1. The highest BCUT2D eigenvalue weighted by Gasteiger charge is 2.40. The zero-order valence-electron chi connectivity index (χ0n) is 16.6. The number of carbonyl (C=O) groups excluding carboxylic acids is 2. The fourth-order valence-corrected chi connectivity index (χ4v) is 3.65. The monoisotopic (exact) mass is 398 g/mol. The molecule has 0 aromatic heterocycles. The van der Waals surface area contributed by atoms with Gasteiger partial charge in [-0.3, -0.25) is 9.59 Å². The van der Waals surface area contributed by atoms with E-state index in [1.165, 1.54) is 26.4 Å². The molecule has 0 amide bonds. The molecule has 0 unspecified atom stereocenters. The van der Waals surface area contributed by atoms with E-state index < -0.39 is 29.4 Å². The number of esters is 1. The zero-order chi connectivity index (χ0) is 21.0. The maximum atomic E-state index is 14.6. The fourth-order valence-electron chi connectivity index (χ4n) is 3.65. The average molecular weight is 398 g/mol. The molecule has 0 aliphatic heterocycles. The minimum absolute atomic E-state index is 0.149. The lowest BCUT2D eigenvalue weighted by molar-refractivity contribution is -0.151. The van der Waals surface area contributed by atoms with Gasteiger partial charge in [-0.1, -0.05) is 18.2 Å². The van der Waals surface area contributed by atoms with Crippen molar-refractivity contribution in [3.8, 4) is 11.5 Å². The highest BCUT2D eigenvalue weighted by molar-refractivity contribution is 6.10. The van der Waals surface area contributed by atoms with Gasteiger partial charge in [0.1, 0.15) is 23.2 Å². The van der Waals surface area contributed by atoms with E-state index in [1.54, 1.807) is 43.3 Å². The summed E-state index contributed by atoms with van der Waals surface area (Å²) in [4.78, 5) is 25.4. The van der Waals surface area contributed by atoms with Crippen molar-refractivity contribution in [3.63, 3.8) is 0 Å². The van der Waals surface area contributed by atoms with Gasteiger partial charge in [0.2, 0.25) is 0 Å². The SMILES string of the molecule is CCOC(=O)[C@@H]1C(=O)C=C(c2cc(OC)cc(OC)c2)C[C@@H]1c1ccccc1F. The number of carbonyl (C=O) groups is 2. The molecule has 0 N–H and O–H groups in total. The van der Waals surface area contributed by atoms with Crippen LogP contribution in [0.5, 0.6) is 11.5 Å². The van der Waals surface area contributed by atoms with Crippen LogP contribution in [0.3, 0.4) is 0 Å². The van der Waals surface area contributed by atoms with Crippen molar-refractivity contribution in [1.82, 2.24) is 0 Å². The molecule has 29 heavy (non-hydrogen) atoms. The van der Waals surface area contributed by atoms with E-state index in [-0.39, 0.29) is 6.61 Å². The van der Waals surface area contributed by atoms with E-state index >= 15 is 0 Å². The molecule has 1 aliphatic rings. The van der Waals surface area contributed by atoms with Crippen molar-refractivity contribution in [2.45, 2.75) is 19.3 Å². The predicted molar refractivity (Wildman–Crippen MR) is 106 cm³/mol. The van der Waals surface area contributed by atoms with E-state index in [0.717, 1.165) is 5.56 Å². The van der Waals surface area contributed by atoms with Crippen LogP contribution in [0.1, 0.15) is 30.4 Å². The molecule has 3 rings (SSSR count). The van der Waals surface area contributed by atoms with Crippen molar-refractivity contribution in [2.75, 3.05) is 20.8 Å². The molecule has 152 valence electrons. The Balaban J connectivity index is 2.08. The highest BCUT2D eigenvalue weighted by atomic mass is 19.1. The van der Waals surface area contributed by atoms with E-state index in [4.69, 9.17) is 14.2 Å². The molecule has 0 bridgehead atoms. The van der Waals surface area contributed by atoms with Crippen LogP contribution < -0.4 is 9.47 Å². The molecule has 0 radical (unpaired) electrons. The molecule has 2 atom stereocenters. The van der Waals surface area contributed by atoms with Crippen LogP contribution >= 0.6 is 0 Å². The number of methoxy groups -OCH3 is 2. The second kappa shape index (κ2) is 8.90. The van der Waals surface area contributed by atoms with Gasteiger partial charge in [-0.05, 0) is 54.3 Å². The van der Waals surface area contributed by atoms with Crippen LogP contribution in [0.25, 0.3) is 5.57 Å². The normalized spacial score (nSPS) is 18.8. The number of hydrogen-bond acceptors (Lipinski definition) is 5. The molecule has 0 heterocycles. The predicted octanol–water partition coefficient (Wildman–Crippen LogP) is 4.16. The van der Waals surface area contributed by atoms with E-state index in [1.807, 2.05) is 0 Å². The summed E-state index contributed by atoms with van der Waals surface area (Å²) in [5.74, 6) is -2.10. The summed E-state index contributed by atoms with van der Waals surface area (Å²) < 4.78 is 30.3. The molecule has 1 aliphatic carbocycles. The Morgan fingerprint density at radius 3 is 2.34 bits per heavy atom. The fraction of sp³-hybridized carbons (Fsp3) is 0.304. The first kappa shape index (κ1) is 20.6. The summed E-state index contributed by atoms with van der Waals surface area (Å²) >= 11 is 0. The molecule has 0 saturated heterocycles. The smallest absolute Gasteiger partial charge is 0.317 e. The molecular weight excluding hydrogens is 375 g/mol. The van der Waals surface area contributed by atoms with Crippen molar-refractivity contribution < 1.29 is 28.2 Å². The Morgan fingerprint density at radius 1 is 1.10 bits per heavy atom. The van der Waals surface area contributed by atoms with E-state index in [0.29, 0.717) is 29.1 Å². The Kier molecular flexibility index (Phi) is 6.32. The minimum Gasteiger partial charge on any atom is -0.497 e. The summed E-state index contributed by atoms with van der Waals surface area (Å²) in [6, 6.07) is 11.5. The van der Waals surface area contributed by atoms with Crippen LogP contribution in [-0.2, 0) is 14.3 Å². The van der Waals surface area contributed by atoms with Gasteiger partial charge in [-0.25, -0.2) is 4.39 Å². The quantitative estimate of drug-likeness (QED) is 0.540. The second-order valence-corrected chi connectivity index (χ2v) is 6.74. The van der Waals surface area contributed by atoms with Gasteiger partial charge >= 0.3 is 5.97 Å². The number of benzene rings is 2. The van der Waals surface area contributed by atoms with Gasteiger partial charge in [0.05, 0.1) is 20.8 Å². The Bertz CT molecular complexity index is 928. The summed E-state index contributed by atoms with van der Waals surface area (Å²) in [5, 5.41) is 0. The number of ketones is 1. The molecule has 6 heteroatoms. The number of rotatable bonds is 6. The number of hydrogen-bond donors (Lipinski definition) is 0. The molecule has 0 fully saturated rings. The van der Waals surface area contributed by atoms with Gasteiger partial charge in [-0.15, -0.1) is 0 Å². The van der Waals surface area contributed by atoms with Crippen LogP contribution in [-0.4, -0.2) is 32.6 Å². The molecule has 0 spiro atoms. The minimum atomic E-state index is -1.08. The lowest BCUT2D eigenvalue weighted by Gasteiger charge is -2.30. The molecule has 5 nitrogen and oxygen atoms in total. The Labute approximate surface area is 169 Å². The maximum absolute atomic E-state index is 14.6. The van der Waals surface area contributed by atoms with Crippen molar-refractivity contribution in [1.29, 1.82) is 0 Å². The van der Waals surface area contributed by atoms with Gasteiger partial charge < -0.3 is 14.2 Å². The van der Waals surface area contributed by atoms with Crippen LogP contribution in [0.15, 0.2) is 48.5 Å². The summed E-state index contributed by atoms with van der Waals surface area (Å²) in [6.45, 7) is 1.82. The van der Waals surface area contributed by atoms with Gasteiger partial charge in [0, 0.05) is 12.0 Å².